The molecule has 2 N–H and O–H groups in total. The molecule has 0 unspecified atom stereocenters. The Labute approximate surface area is 159 Å². The fraction of sp³-hybridized carbons (Fsp3) is 0.650. The van der Waals surface area contributed by atoms with Crippen LogP contribution in [0.15, 0.2) is 23.2 Å². The van der Waals surface area contributed by atoms with Gasteiger partial charge in [-0.05, 0) is 50.6 Å². The van der Waals surface area contributed by atoms with Gasteiger partial charge in [0.15, 0.2) is 17.5 Å². The summed E-state index contributed by atoms with van der Waals surface area (Å²) >= 11 is 0. The molecule has 1 rings (SSSR count). The number of hydrogen-bond acceptors (Lipinski definition) is 4. The topological polar surface area (TPSA) is 58.1 Å². The number of rotatable bonds is 12. The molecule has 0 saturated heterocycles. The van der Waals surface area contributed by atoms with E-state index in [0.717, 1.165) is 63.0 Å². The zero-order chi connectivity index (χ0) is 19.2. The van der Waals surface area contributed by atoms with Gasteiger partial charge in [0.25, 0.3) is 0 Å². The van der Waals surface area contributed by atoms with Crippen LogP contribution in [0.5, 0.6) is 11.5 Å². The summed E-state index contributed by atoms with van der Waals surface area (Å²) in [7, 11) is 3.48. The number of hydrogen-bond donors (Lipinski definition) is 2. The van der Waals surface area contributed by atoms with Gasteiger partial charge < -0.3 is 25.0 Å². The van der Waals surface area contributed by atoms with Crippen LogP contribution >= 0.6 is 0 Å². The molecule has 0 aromatic heterocycles. The van der Waals surface area contributed by atoms with Crippen LogP contribution in [-0.2, 0) is 6.42 Å². The predicted octanol–water partition coefficient (Wildman–Crippen LogP) is 2.53. The van der Waals surface area contributed by atoms with Crippen molar-refractivity contribution in [3.8, 4) is 11.5 Å². The van der Waals surface area contributed by atoms with Crippen LogP contribution in [0.2, 0.25) is 0 Å². The van der Waals surface area contributed by atoms with Crippen LogP contribution in [0.4, 0.5) is 0 Å². The molecule has 0 aliphatic carbocycles. The number of nitrogens with one attached hydrogen (secondary N) is 2. The Kier molecular flexibility index (Phi) is 11.3. The monoisotopic (exact) mass is 364 g/mol. The highest BCUT2D eigenvalue weighted by atomic mass is 16.5. The zero-order valence-corrected chi connectivity index (χ0v) is 17.1. The summed E-state index contributed by atoms with van der Waals surface area (Å²) in [6, 6.07) is 6.14. The molecule has 148 valence electrons. The number of ether oxygens (including phenoxy) is 2. The first-order valence-electron chi connectivity index (χ1n) is 9.64. The number of aryl methyl sites for hydroxylation is 1. The lowest BCUT2D eigenvalue weighted by Gasteiger charge is -2.19. The molecule has 0 saturated carbocycles. The number of methoxy groups -OCH3 is 1. The lowest BCUT2D eigenvalue weighted by Crippen LogP contribution is -2.41. The maximum Gasteiger partial charge on any atom is 0.191 e. The molecule has 0 amide bonds. The van der Waals surface area contributed by atoms with Gasteiger partial charge >= 0.3 is 0 Å². The van der Waals surface area contributed by atoms with Crippen LogP contribution in [0.1, 0.15) is 32.8 Å². The molecule has 0 heterocycles. The van der Waals surface area contributed by atoms with Crippen LogP contribution in [0, 0.1) is 0 Å². The van der Waals surface area contributed by atoms with Gasteiger partial charge in [-0.1, -0.05) is 19.9 Å². The van der Waals surface area contributed by atoms with E-state index in [-0.39, 0.29) is 0 Å². The Morgan fingerprint density at radius 2 is 1.81 bits per heavy atom. The van der Waals surface area contributed by atoms with Gasteiger partial charge in [0.1, 0.15) is 0 Å². The number of guanidine groups is 1. The summed E-state index contributed by atoms with van der Waals surface area (Å²) in [5.74, 6) is 2.46. The minimum Gasteiger partial charge on any atom is -0.493 e. The molecule has 0 aliphatic rings. The van der Waals surface area contributed by atoms with E-state index in [2.05, 4.69) is 46.5 Å². The zero-order valence-electron chi connectivity index (χ0n) is 17.1. The van der Waals surface area contributed by atoms with Gasteiger partial charge in [0.05, 0.1) is 13.7 Å². The Morgan fingerprint density at radius 1 is 1.08 bits per heavy atom. The second-order valence-electron chi connectivity index (χ2n) is 5.97. The third kappa shape index (κ3) is 7.95. The highest BCUT2D eigenvalue weighted by Gasteiger charge is 2.05. The van der Waals surface area contributed by atoms with Crippen LogP contribution in [0.3, 0.4) is 0 Å². The van der Waals surface area contributed by atoms with Crippen molar-refractivity contribution in [1.82, 2.24) is 15.5 Å². The minimum atomic E-state index is 0.636. The molecular weight excluding hydrogens is 328 g/mol. The number of benzene rings is 1. The van der Waals surface area contributed by atoms with Gasteiger partial charge in [-0.25, -0.2) is 0 Å². The van der Waals surface area contributed by atoms with Crippen molar-refractivity contribution in [2.45, 2.75) is 33.6 Å². The summed E-state index contributed by atoms with van der Waals surface area (Å²) in [6.07, 6.45) is 2.00. The van der Waals surface area contributed by atoms with E-state index in [1.165, 1.54) is 5.56 Å². The van der Waals surface area contributed by atoms with E-state index >= 15 is 0 Å². The second-order valence-corrected chi connectivity index (χ2v) is 5.97. The van der Waals surface area contributed by atoms with Crippen molar-refractivity contribution in [2.24, 2.45) is 4.99 Å². The molecule has 6 heteroatoms. The molecule has 0 fully saturated rings. The van der Waals surface area contributed by atoms with E-state index in [4.69, 9.17) is 9.47 Å². The second kappa shape index (κ2) is 13.3. The summed E-state index contributed by atoms with van der Waals surface area (Å²) in [4.78, 5) is 6.67. The van der Waals surface area contributed by atoms with Crippen molar-refractivity contribution >= 4 is 5.96 Å². The molecule has 0 radical (unpaired) electrons. The van der Waals surface area contributed by atoms with Crippen molar-refractivity contribution in [1.29, 1.82) is 0 Å². The highest BCUT2D eigenvalue weighted by molar-refractivity contribution is 5.79. The van der Waals surface area contributed by atoms with E-state index < -0.39 is 0 Å². The van der Waals surface area contributed by atoms with E-state index in [9.17, 15) is 0 Å². The smallest absolute Gasteiger partial charge is 0.191 e. The lowest BCUT2D eigenvalue weighted by atomic mass is 10.1. The molecular formula is C20H36N4O2. The maximum absolute atomic E-state index is 5.64. The lowest BCUT2D eigenvalue weighted by molar-refractivity contribution is 0.308. The molecule has 1 aromatic rings. The highest BCUT2D eigenvalue weighted by Crippen LogP contribution is 2.28. The number of aliphatic imine (C=N–C) groups is 1. The predicted molar refractivity (Wildman–Crippen MR) is 110 cm³/mol. The summed E-state index contributed by atoms with van der Waals surface area (Å²) < 4.78 is 11.0. The molecule has 0 atom stereocenters. The van der Waals surface area contributed by atoms with Crippen LogP contribution in [-0.4, -0.2) is 64.3 Å². The van der Waals surface area contributed by atoms with E-state index in [1.807, 2.05) is 20.0 Å². The van der Waals surface area contributed by atoms with Crippen molar-refractivity contribution in [3.05, 3.63) is 23.8 Å². The normalized spacial score (nSPS) is 11.5. The van der Waals surface area contributed by atoms with Crippen molar-refractivity contribution in [2.75, 3.05) is 53.5 Å². The maximum atomic E-state index is 5.64. The molecule has 0 spiro atoms. The molecule has 1 aromatic carbocycles. The Hall–Kier alpha value is -1.95. The van der Waals surface area contributed by atoms with Crippen molar-refractivity contribution < 1.29 is 9.47 Å². The third-order valence-electron chi connectivity index (χ3n) is 4.30. The van der Waals surface area contributed by atoms with Crippen LogP contribution < -0.4 is 20.1 Å². The molecule has 0 bridgehead atoms. The fourth-order valence-electron chi connectivity index (χ4n) is 2.74. The third-order valence-corrected chi connectivity index (χ3v) is 4.30. The van der Waals surface area contributed by atoms with Gasteiger partial charge in [0.2, 0.25) is 0 Å². The first-order valence-corrected chi connectivity index (χ1v) is 9.64. The number of nitrogens with zero attached hydrogens (tertiary/aromatic N) is 2. The van der Waals surface area contributed by atoms with E-state index in [1.54, 1.807) is 7.11 Å². The Morgan fingerprint density at radius 3 is 2.42 bits per heavy atom. The van der Waals surface area contributed by atoms with Gasteiger partial charge in [0, 0.05) is 26.7 Å². The largest absolute Gasteiger partial charge is 0.493 e. The first-order chi connectivity index (χ1) is 12.7. The Balaban J connectivity index is 2.35. The summed E-state index contributed by atoms with van der Waals surface area (Å²) in [6.45, 7) is 12.0. The molecule has 6 nitrogen and oxygen atoms in total. The quantitative estimate of drug-likeness (QED) is 0.339. The van der Waals surface area contributed by atoms with Crippen LogP contribution in [0.25, 0.3) is 0 Å². The first kappa shape index (κ1) is 22.1. The number of likely N-dealkylation sites (N-methyl/N-ethyl adjacent to an activating group) is 1. The fourth-order valence-corrected chi connectivity index (χ4v) is 2.74. The van der Waals surface area contributed by atoms with Gasteiger partial charge in [-0.15, -0.1) is 0 Å². The summed E-state index contributed by atoms with van der Waals surface area (Å²) in [5, 5.41) is 6.75. The standard InChI is InChI=1S/C20H36N4O2/c1-6-24(7-2)15-14-23-20(21-4)22-13-9-10-17-11-12-18(25-5)19(16-17)26-8-3/h11-12,16H,6-10,13-15H2,1-5H3,(H2,21,22,23). The van der Waals surface area contributed by atoms with Crippen molar-refractivity contribution in [3.63, 3.8) is 0 Å². The van der Waals surface area contributed by atoms with Gasteiger partial charge in [-0.2, -0.15) is 0 Å². The Bertz CT molecular complexity index is 531. The minimum absolute atomic E-state index is 0.636. The summed E-state index contributed by atoms with van der Waals surface area (Å²) in [5.41, 5.74) is 1.25. The SMILES string of the molecule is CCOc1cc(CCCNC(=NC)NCCN(CC)CC)ccc1OC. The average Bonchev–Trinajstić information content (AvgIpc) is 2.67. The van der Waals surface area contributed by atoms with Gasteiger partial charge in [-0.3, -0.25) is 4.99 Å². The average molecular weight is 365 g/mol. The molecule has 0 aliphatic heterocycles. The van der Waals surface area contributed by atoms with E-state index in [0.29, 0.717) is 6.61 Å². The molecule has 26 heavy (non-hydrogen) atoms.